The predicted molar refractivity (Wildman–Crippen MR) is 108 cm³/mol. The van der Waals surface area contributed by atoms with Crippen molar-refractivity contribution < 1.29 is 9.53 Å². The van der Waals surface area contributed by atoms with E-state index in [1.807, 2.05) is 24.3 Å². The number of anilines is 1. The van der Waals surface area contributed by atoms with Crippen LogP contribution in [-0.2, 0) is 13.0 Å². The van der Waals surface area contributed by atoms with Crippen LogP contribution in [0.5, 0.6) is 5.75 Å². The van der Waals surface area contributed by atoms with Gasteiger partial charge in [0.25, 0.3) is 5.91 Å². The lowest BCUT2D eigenvalue weighted by atomic mass is 9.90. The molecule has 7 nitrogen and oxygen atoms in total. The van der Waals surface area contributed by atoms with Crippen LogP contribution in [0.25, 0.3) is 11.1 Å². The number of pyridine rings is 2. The molecule has 2 N–H and O–H groups in total. The van der Waals surface area contributed by atoms with E-state index in [2.05, 4.69) is 16.0 Å². The Hall–Kier alpha value is -3.92. The van der Waals surface area contributed by atoms with Gasteiger partial charge in [0.1, 0.15) is 23.2 Å². The third-order valence-corrected chi connectivity index (χ3v) is 5.06. The Kier molecular flexibility index (Phi) is 4.83. The van der Waals surface area contributed by atoms with Gasteiger partial charge in [-0.25, -0.2) is 4.98 Å². The molecule has 1 aromatic carbocycles. The number of nitrogen functional groups attached to an aromatic ring is 1. The van der Waals surface area contributed by atoms with Gasteiger partial charge in [-0.05, 0) is 18.2 Å². The van der Waals surface area contributed by atoms with E-state index in [9.17, 15) is 10.1 Å². The van der Waals surface area contributed by atoms with Crippen molar-refractivity contribution in [2.45, 2.75) is 13.0 Å². The lowest BCUT2D eigenvalue weighted by Crippen LogP contribution is -2.37. The van der Waals surface area contributed by atoms with Crippen molar-refractivity contribution in [3.63, 3.8) is 0 Å². The normalized spacial score (nSPS) is 12.8. The van der Waals surface area contributed by atoms with Gasteiger partial charge in [0.15, 0.2) is 0 Å². The number of amides is 1. The van der Waals surface area contributed by atoms with E-state index in [1.165, 1.54) is 0 Å². The Morgan fingerprint density at radius 2 is 2.10 bits per heavy atom. The fraction of sp³-hybridized carbons (Fsp3) is 0.182. The maximum Gasteiger partial charge on any atom is 0.255 e. The summed E-state index contributed by atoms with van der Waals surface area (Å²) in [7, 11) is 1.58. The van der Waals surface area contributed by atoms with Crippen LogP contribution in [0.1, 0.15) is 27.2 Å². The number of benzene rings is 1. The summed E-state index contributed by atoms with van der Waals surface area (Å²) in [4.78, 5) is 23.2. The molecular formula is C22H19N5O2. The minimum Gasteiger partial charge on any atom is -0.496 e. The van der Waals surface area contributed by atoms with E-state index in [4.69, 9.17) is 10.5 Å². The van der Waals surface area contributed by atoms with Gasteiger partial charge >= 0.3 is 0 Å². The van der Waals surface area contributed by atoms with Crippen LogP contribution in [0.2, 0.25) is 0 Å². The van der Waals surface area contributed by atoms with Crippen molar-refractivity contribution in [2.24, 2.45) is 0 Å². The van der Waals surface area contributed by atoms with Crippen molar-refractivity contribution in [3.8, 4) is 22.9 Å². The number of rotatable bonds is 3. The number of hydrogen-bond acceptors (Lipinski definition) is 6. The van der Waals surface area contributed by atoms with Gasteiger partial charge in [0.05, 0.1) is 18.4 Å². The van der Waals surface area contributed by atoms with Gasteiger partial charge in [0, 0.05) is 48.6 Å². The van der Waals surface area contributed by atoms with Crippen molar-refractivity contribution >= 4 is 11.7 Å². The first-order valence-corrected chi connectivity index (χ1v) is 9.18. The van der Waals surface area contributed by atoms with Crippen molar-refractivity contribution in [2.75, 3.05) is 19.4 Å². The second-order valence-electron chi connectivity index (χ2n) is 6.70. The summed E-state index contributed by atoms with van der Waals surface area (Å²) in [6.45, 7) is 0.850. The Bertz CT molecular complexity index is 1120. The van der Waals surface area contributed by atoms with Gasteiger partial charge < -0.3 is 15.4 Å². The number of nitrogens with two attached hydrogens (primary N) is 1. The molecule has 1 amide bonds. The molecule has 0 fully saturated rings. The third kappa shape index (κ3) is 3.25. The smallest absolute Gasteiger partial charge is 0.255 e. The number of hydrogen-bond donors (Lipinski definition) is 1. The molecule has 144 valence electrons. The zero-order valence-corrected chi connectivity index (χ0v) is 15.9. The predicted octanol–water partition coefficient (Wildman–Crippen LogP) is 2.80. The summed E-state index contributed by atoms with van der Waals surface area (Å²) in [6, 6.07) is 13.1. The molecular weight excluding hydrogens is 366 g/mol. The first-order chi connectivity index (χ1) is 14.1. The molecule has 3 heterocycles. The number of fused-ring (bicyclic) bond motifs is 1. The second kappa shape index (κ2) is 7.60. The molecule has 0 aliphatic carbocycles. The topological polar surface area (TPSA) is 105 Å². The Balaban J connectivity index is 1.85. The lowest BCUT2D eigenvalue weighted by molar-refractivity contribution is 0.0733. The van der Waals surface area contributed by atoms with Gasteiger partial charge in [-0.15, -0.1) is 0 Å². The van der Waals surface area contributed by atoms with Crippen LogP contribution in [0.15, 0.2) is 48.8 Å². The lowest BCUT2D eigenvalue weighted by Gasteiger charge is -2.31. The zero-order chi connectivity index (χ0) is 20.4. The molecule has 1 aliphatic rings. The number of aromatic nitrogens is 2. The number of ether oxygens (including phenoxy) is 1. The van der Waals surface area contributed by atoms with Crippen LogP contribution >= 0.6 is 0 Å². The fourth-order valence-corrected chi connectivity index (χ4v) is 3.69. The van der Waals surface area contributed by atoms with Crippen LogP contribution in [0, 0.1) is 11.3 Å². The molecule has 0 atom stereocenters. The quantitative estimate of drug-likeness (QED) is 0.743. The standard InChI is InChI=1S/C22H19N5O2/c1-29-19-7-3-2-6-15(19)20-16(11-23)21(24)26-18-8-10-27(13-17(18)20)22(28)14-5-4-9-25-12-14/h2-7,9,12H,8,10,13H2,1H3,(H2,24,26). The average molecular weight is 385 g/mol. The molecule has 29 heavy (non-hydrogen) atoms. The Morgan fingerprint density at radius 3 is 2.83 bits per heavy atom. The van der Waals surface area contributed by atoms with E-state index in [0.717, 1.165) is 16.8 Å². The van der Waals surface area contributed by atoms with E-state index >= 15 is 0 Å². The summed E-state index contributed by atoms with van der Waals surface area (Å²) in [5, 5.41) is 9.78. The molecule has 7 heteroatoms. The van der Waals surface area contributed by atoms with Crippen LogP contribution < -0.4 is 10.5 Å². The highest BCUT2D eigenvalue weighted by molar-refractivity contribution is 5.94. The maximum absolute atomic E-state index is 13.0. The van der Waals surface area contributed by atoms with E-state index in [-0.39, 0.29) is 11.7 Å². The molecule has 0 bridgehead atoms. The number of nitriles is 1. The fourth-order valence-electron chi connectivity index (χ4n) is 3.69. The maximum atomic E-state index is 13.0. The molecule has 0 saturated heterocycles. The molecule has 0 saturated carbocycles. The monoisotopic (exact) mass is 385 g/mol. The highest BCUT2D eigenvalue weighted by Crippen LogP contribution is 2.39. The Labute approximate surface area is 168 Å². The first-order valence-electron chi connectivity index (χ1n) is 9.18. The van der Waals surface area contributed by atoms with Crippen molar-refractivity contribution in [3.05, 3.63) is 71.2 Å². The number of nitrogens with zero attached hydrogens (tertiary/aromatic N) is 4. The molecule has 3 aromatic rings. The van der Waals surface area contributed by atoms with Crippen LogP contribution in [0.4, 0.5) is 5.82 Å². The highest BCUT2D eigenvalue weighted by atomic mass is 16.5. The number of carbonyl (C=O) groups is 1. The SMILES string of the molecule is COc1ccccc1-c1c(C#N)c(N)nc2c1CN(C(=O)c1cccnc1)CC2. The second-order valence-corrected chi connectivity index (χ2v) is 6.70. The molecule has 0 unspecified atom stereocenters. The minimum atomic E-state index is -0.106. The first kappa shape index (κ1) is 18.4. The van der Waals surface area contributed by atoms with Gasteiger partial charge in [-0.3, -0.25) is 9.78 Å². The molecule has 0 spiro atoms. The van der Waals surface area contributed by atoms with Gasteiger partial charge in [0.2, 0.25) is 0 Å². The summed E-state index contributed by atoms with van der Waals surface area (Å²) in [5.74, 6) is 0.719. The average Bonchev–Trinajstić information content (AvgIpc) is 2.78. The van der Waals surface area contributed by atoms with E-state index in [0.29, 0.717) is 42.0 Å². The number of carbonyl (C=O) groups excluding carboxylic acids is 1. The molecule has 4 rings (SSSR count). The number of methoxy groups -OCH3 is 1. The van der Waals surface area contributed by atoms with E-state index < -0.39 is 0 Å². The van der Waals surface area contributed by atoms with Crippen molar-refractivity contribution in [1.29, 1.82) is 5.26 Å². The zero-order valence-electron chi connectivity index (χ0n) is 15.9. The van der Waals surface area contributed by atoms with Gasteiger partial charge in [-0.1, -0.05) is 18.2 Å². The summed E-state index contributed by atoms with van der Waals surface area (Å²) in [6.07, 6.45) is 3.74. The van der Waals surface area contributed by atoms with Crippen LogP contribution in [-0.4, -0.2) is 34.4 Å². The largest absolute Gasteiger partial charge is 0.496 e. The summed E-state index contributed by atoms with van der Waals surface area (Å²) >= 11 is 0. The van der Waals surface area contributed by atoms with Crippen LogP contribution in [0.3, 0.4) is 0 Å². The van der Waals surface area contributed by atoms with Crippen molar-refractivity contribution in [1.82, 2.24) is 14.9 Å². The van der Waals surface area contributed by atoms with Gasteiger partial charge in [-0.2, -0.15) is 5.26 Å². The van der Waals surface area contributed by atoms with E-state index in [1.54, 1.807) is 36.5 Å². The summed E-state index contributed by atoms with van der Waals surface area (Å²) in [5.41, 5.74) is 9.99. The summed E-state index contributed by atoms with van der Waals surface area (Å²) < 4.78 is 5.51. The molecule has 0 radical (unpaired) electrons. The Morgan fingerprint density at radius 1 is 1.28 bits per heavy atom. The molecule has 1 aliphatic heterocycles. The third-order valence-electron chi connectivity index (χ3n) is 5.06. The highest BCUT2D eigenvalue weighted by Gasteiger charge is 2.29. The molecule has 2 aromatic heterocycles. The minimum absolute atomic E-state index is 0.106. The number of para-hydroxylation sites is 1.